The van der Waals surface area contributed by atoms with Gasteiger partial charge in [0, 0.05) is 32.7 Å². The average molecular weight is 385 g/mol. The number of hydrogen-bond acceptors (Lipinski definition) is 5. The smallest absolute Gasteiger partial charge is 0.229 e. The van der Waals surface area contributed by atoms with Gasteiger partial charge in [0.05, 0.1) is 24.4 Å². The summed E-state index contributed by atoms with van der Waals surface area (Å²) >= 11 is 0. The van der Waals surface area contributed by atoms with Crippen molar-refractivity contribution in [3.8, 4) is 0 Å². The monoisotopic (exact) mass is 385 g/mol. The third-order valence-electron chi connectivity index (χ3n) is 4.90. The van der Waals surface area contributed by atoms with Gasteiger partial charge in [-0.15, -0.1) is 0 Å². The number of carbonyl (C=O) groups excluding carboxylic acids is 1. The number of rotatable bonds is 7. The summed E-state index contributed by atoms with van der Waals surface area (Å²) in [5.41, 5.74) is -0.240. The van der Waals surface area contributed by atoms with E-state index in [4.69, 9.17) is 4.74 Å². The molecule has 0 bridgehead atoms. The summed E-state index contributed by atoms with van der Waals surface area (Å²) in [6.07, 6.45) is 0.286. The van der Waals surface area contributed by atoms with Crippen molar-refractivity contribution in [3.05, 3.63) is 35.6 Å². The van der Waals surface area contributed by atoms with Gasteiger partial charge in [-0.05, 0) is 18.1 Å². The summed E-state index contributed by atoms with van der Waals surface area (Å²) in [6.45, 7) is 2.41. The molecule has 1 aromatic rings. The largest absolute Gasteiger partial charge is 0.379 e. The van der Waals surface area contributed by atoms with Crippen LogP contribution in [-0.2, 0) is 26.0 Å². The van der Waals surface area contributed by atoms with Gasteiger partial charge in [0.1, 0.15) is 5.82 Å². The normalized spacial score (nSPS) is 20.3. The van der Waals surface area contributed by atoms with E-state index in [9.17, 15) is 17.6 Å². The van der Waals surface area contributed by atoms with Gasteiger partial charge in [-0.1, -0.05) is 18.2 Å². The number of hydrogen-bond donors (Lipinski definition) is 2. The first-order valence-corrected chi connectivity index (χ1v) is 10.3. The lowest BCUT2D eigenvalue weighted by atomic mass is 9.75. The fourth-order valence-electron chi connectivity index (χ4n) is 3.23. The van der Waals surface area contributed by atoms with E-state index < -0.39 is 15.4 Å². The first kappa shape index (κ1) is 19.2. The number of carbonyl (C=O) groups is 1. The molecule has 2 saturated heterocycles. The molecule has 2 aliphatic rings. The molecule has 2 aliphatic heterocycles. The molecule has 144 valence electrons. The summed E-state index contributed by atoms with van der Waals surface area (Å²) < 4.78 is 45.0. The van der Waals surface area contributed by atoms with Crippen LogP contribution in [0.4, 0.5) is 4.39 Å². The summed E-state index contributed by atoms with van der Waals surface area (Å²) in [5.74, 6) is -0.722. The zero-order valence-corrected chi connectivity index (χ0v) is 15.4. The second kappa shape index (κ2) is 7.99. The molecule has 26 heavy (non-hydrogen) atoms. The Bertz CT molecular complexity index is 746. The Labute approximate surface area is 152 Å². The predicted octanol–water partition coefficient (Wildman–Crippen LogP) is -0.264. The zero-order chi connectivity index (χ0) is 18.6. The summed E-state index contributed by atoms with van der Waals surface area (Å²) in [4.78, 5) is 12.6. The molecular weight excluding hydrogens is 361 g/mol. The summed E-state index contributed by atoms with van der Waals surface area (Å²) in [5, 5.41) is 5.78. The molecule has 2 N–H and O–H groups in total. The topological polar surface area (TPSA) is 87.7 Å². The van der Waals surface area contributed by atoms with E-state index in [0.29, 0.717) is 45.0 Å². The molecule has 3 rings (SSSR count). The van der Waals surface area contributed by atoms with Crippen LogP contribution in [0.25, 0.3) is 0 Å². The fourth-order valence-corrected chi connectivity index (χ4v) is 4.56. The van der Waals surface area contributed by atoms with Crippen LogP contribution in [0, 0.1) is 11.2 Å². The van der Waals surface area contributed by atoms with Crippen LogP contribution in [0.1, 0.15) is 5.56 Å². The van der Waals surface area contributed by atoms with Gasteiger partial charge in [0.15, 0.2) is 0 Å². The third-order valence-corrected chi connectivity index (χ3v) is 6.78. The summed E-state index contributed by atoms with van der Waals surface area (Å²) in [6, 6.07) is 6.40. The van der Waals surface area contributed by atoms with Gasteiger partial charge in [0.25, 0.3) is 0 Å². The van der Waals surface area contributed by atoms with Crippen LogP contribution in [0.5, 0.6) is 0 Å². The second-order valence-corrected chi connectivity index (χ2v) is 8.82. The number of benzene rings is 1. The van der Waals surface area contributed by atoms with Crippen LogP contribution < -0.4 is 10.6 Å². The Morgan fingerprint density at radius 3 is 2.58 bits per heavy atom. The first-order chi connectivity index (χ1) is 12.4. The highest BCUT2D eigenvalue weighted by Gasteiger charge is 2.44. The Balaban J connectivity index is 1.55. The zero-order valence-electron chi connectivity index (χ0n) is 14.5. The minimum Gasteiger partial charge on any atom is -0.379 e. The van der Waals surface area contributed by atoms with Gasteiger partial charge < -0.3 is 15.4 Å². The highest BCUT2D eigenvalue weighted by molar-refractivity contribution is 7.89. The van der Waals surface area contributed by atoms with E-state index in [0.717, 1.165) is 0 Å². The Hall–Kier alpha value is -1.55. The number of amides is 1. The lowest BCUT2D eigenvalue weighted by Crippen LogP contribution is -2.63. The summed E-state index contributed by atoms with van der Waals surface area (Å²) in [7, 11) is -3.42. The average Bonchev–Trinajstić information content (AvgIpc) is 2.60. The molecular formula is C17H24FN3O4S. The SMILES string of the molecule is O=C(NCCS(=O)(=O)N1CCOCC1)C1(Cc2ccccc2F)CNC1. The molecule has 0 aliphatic carbocycles. The second-order valence-electron chi connectivity index (χ2n) is 6.74. The van der Waals surface area contributed by atoms with Crippen molar-refractivity contribution >= 4 is 15.9 Å². The van der Waals surface area contributed by atoms with E-state index in [-0.39, 0.29) is 30.4 Å². The van der Waals surface area contributed by atoms with Crippen molar-refractivity contribution < 1.29 is 22.3 Å². The van der Waals surface area contributed by atoms with Gasteiger partial charge in [-0.2, -0.15) is 4.31 Å². The maximum atomic E-state index is 13.9. The van der Waals surface area contributed by atoms with Gasteiger partial charge >= 0.3 is 0 Å². The van der Waals surface area contributed by atoms with Crippen molar-refractivity contribution in [2.45, 2.75) is 6.42 Å². The minimum atomic E-state index is -3.42. The van der Waals surface area contributed by atoms with Crippen molar-refractivity contribution in [2.24, 2.45) is 5.41 Å². The van der Waals surface area contributed by atoms with E-state index in [1.165, 1.54) is 10.4 Å². The van der Waals surface area contributed by atoms with Crippen molar-refractivity contribution in [1.82, 2.24) is 14.9 Å². The van der Waals surface area contributed by atoms with Crippen molar-refractivity contribution in [3.63, 3.8) is 0 Å². The molecule has 7 nitrogen and oxygen atoms in total. The number of halogens is 1. The molecule has 2 fully saturated rings. The van der Waals surface area contributed by atoms with Crippen LogP contribution in [-0.4, -0.2) is 70.3 Å². The molecule has 0 radical (unpaired) electrons. The quantitative estimate of drug-likeness (QED) is 0.675. The standard InChI is InChI=1S/C17H24FN3O4S/c18-15-4-2-1-3-14(15)11-17(12-19-13-17)16(22)20-5-10-26(23,24)21-6-8-25-9-7-21/h1-4,19H,5-13H2,(H,20,22). The van der Waals surface area contributed by atoms with Gasteiger partial charge in [-0.25, -0.2) is 12.8 Å². The first-order valence-electron chi connectivity index (χ1n) is 8.71. The molecule has 0 saturated carbocycles. The lowest BCUT2D eigenvalue weighted by Gasteiger charge is -2.41. The molecule has 1 aromatic carbocycles. The van der Waals surface area contributed by atoms with E-state index in [1.807, 2.05) is 0 Å². The highest BCUT2D eigenvalue weighted by atomic mass is 32.2. The number of nitrogens with one attached hydrogen (secondary N) is 2. The molecule has 0 atom stereocenters. The minimum absolute atomic E-state index is 0.0392. The van der Waals surface area contributed by atoms with E-state index in [1.54, 1.807) is 18.2 Å². The third kappa shape index (κ3) is 4.22. The molecule has 0 spiro atoms. The molecule has 0 aromatic heterocycles. The van der Waals surface area contributed by atoms with E-state index >= 15 is 0 Å². The van der Waals surface area contributed by atoms with Crippen molar-refractivity contribution in [2.75, 3.05) is 51.7 Å². The van der Waals surface area contributed by atoms with Crippen LogP contribution >= 0.6 is 0 Å². The number of sulfonamides is 1. The Morgan fingerprint density at radius 2 is 1.96 bits per heavy atom. The molecule has 1 amide bonds. The number of nitrogens with zero attached hydrogens (tertiary/aromatic N) is 1. The fraction of sp³-hybridized carbons (Fsp3) is 0.588. The molecule has 9 heteroatoms. The lowest BCUT2D eigenvalue weighted by molar-refractivity contribution is -0.133. The van der Waals surface area contributed by atoms with Crippen molar-refractivity contribution in [1.29, 1.82) is 0 Å². The van der Waals surface area contributed by atoms with Crippen LogP contribution in [0.2, 0.25) is 0 Å². The maximum Gasteiger partial charge on any atom is 0.229 e. The van der Waals surface area contributed by atoms with Crippen LogP contribution in [0.3, 0.4) is 0 Å². The molecule has 0 unspecified atom stereocenters. The molecule has 2 heterocycles. The number of morpholine rings is 1. The Morgan fingerprint density at radius 1 is 1.27 bits per heavy atom. The predicted molar refractivity (Wildman–Crippen MR) is 94.6 cm³/mol. The van der Waals surface area contributed by atoms with Gasteiger partial charge in [-0.3, -0.25) is 4.79 Å². The van der Waals surface area contributed by atoms with Gasteiger partial charge in [0.2, 0.25) is 15.9 Å². The number of ether oxygens (including phenoxy) is 1. The maximum absolute atomic E-state index is 13.9. The Kier molecular flexibility index (Phi) is 5.91. The van der Waals surface area contributed by atoms with Crippen LogP contribution in [0.15, 0.2) is 24.3 Å². The van der Waals surface area contributed by atoms with E-state index in [2.05, 4.69) is 10.6 Å². The highest BCUT2D eigenvalue weighted by Crippen LogP contribution is 2.29.